The molecule has 1 unspecified atom stereocenters. The molecule has 0 bridgehead atoms. The van der Waals surface area contributed by atoms with Crippen LogP contribution in [-0.2, 0) is 17.6 Å². The molecule has 0 spiro atoms. The van der Waals surface area contributed by atoms with Gasteiger partial charge in [-0.3, -0.25) is 9.59 Å². The number of fused-ring (bicyclic) bond motifs is 1. The number of thioether (sulfide) groups is 1. The maximum absolute atomic E-state index is 12.6. The third kappa shape index (κ3) is 5.77. The first-order valence-electron chi connectivity index (χ1n) is 10.6. The lowest BCUT2D eigenvalue weighted by Crippen LogP contribution is -2.14. The summed E-state index contributed by atoms with van der Waals surface area (Å²) < 4.78 is 0. The average Bonchev–Trinajstić information content (AvgIpc) is 3.13. The van der Waals surface area contributed by atoms with Gasteiger partial charge in [0.15, 0.2) is 0 Å². The summed E-state index contributed by atoms with van der Waals surface area (Å²) in [7, 11) is 0. The molecule has 33 heavy (non-hydrogen) atoms. The van der Waals surface area contributed by atoms with Gasteiger partial charge >= 0.3 is 0 Å². The van der Waals surface area contributed by atoms with E-state index in [4.69, 9.17) is 11.6 Å². The summed E-state index contributed by atoms with van der Waals surface area (Å²) in [6.07, 6.45) is 2.94. The Morgan fingerprint density at radius 1 is 1.21 bits per heavy atom. The molecule has 2 amide bonds. The van der Waals surface area contributed by atoms with Gasteiger partial charge in [-0.05, 0) is 67.1 Å². The highest BCUT2D eigenvalue weighted by molar-refractivity contribution is 8.00. The molecule has 5 nitrogen and oxygen atoms in total. The topological polar surface area (TPSA) is 82.0 Å². The molecule has 2 N–H and O–H groups in total. The van der Waals surface area contributed by atoms with E-state index in [0.29, 0.717) is 32.8 Å². The SMILES string of the molecule is CC1CCc2c(sc(NC(=O)CSc3cccc(NC(=O)c4cccc(Cl)c4)c3)c2C#N)C1. The fourth-order valence-corrected chi connectivity index (χ4v) is 6.09. The fraction of sp³-hybridized carbons (Fsp3) is 0.240. The van der Waals surface area contributed by atoms with E-state index >= 15 is 0 Å². The molecule has 4 rings (SSSR count). The first kappa shape index (κ1) is 23.4. The second kappa shape index (κ2) is 10.4. The van der Waals surface area contributed by atoms with Crippen molar-refractivity contribution in [3.63, 3.8) is 0 Å². The van der Waals surface area contributed by atoms with Crippen molar-refractivity contribution >= 4 is 57.2 Å². The van der Waals surface area contributed by atoms with Crippen LogP contribution in [-0.4, -0.2) is 17.6 Å². The molecular formula is C25H22ClN3O2S2. The van der Waals surface area contributed by atoms with Gasteiger partial charge in [0.2, 0.25) is 5.91 Å². The van der Waals surface area contributed by atoms with E-state index in [2.05, 4.69) is 23.6 Å². The molecule has 1 aliphatic rings. The molecule has 1 aromatic heterocycles. The van der Waals surface area contributed by atoms with Gasteiger partial charge in [-0.2, -0.15) is 5.26 Å². The number of thiophene rings is 1. The highest BCUT2D eigenvalue weighted by atomic mass is 35.5. The lowest BCUT2D eigenvalue weighted by Gasteiger charge is -2.17. The van der Waals surface area contributed by atoms with Gasteiger partial charge in [0.25, 0.3) is 5.91 Å². The Labute approximate surface area is 206 Å². The van der Waals surface area contributed by atoms with Crippen LogP contribution in [0.1, 0.15) is 39.7 Å². The summed E-state index contributed by atoms with van der Waals surface area (Å²) in [5.41, 5.74) is 2.83. The Kier molecular flexibility index (Phi) is 7.39. The van der Waals surface area contributed by atoms with E-state index in [-0.39, 0.29) is 17.6 Å². The first-order chi connectivity index (χ1) is 15.9. The molecule has 1 atom stereocenters. The average molecular weight is 496 g/mol. The van der Waals surface area contributed by atoms with E-state index in [9.17, 15) is 14.9 Å². The number of nitrogens with one attached hydrogen (secondary N) is 2. The Morgan fingerprint density at radius 2 is 2.03 bits per heavy atom. The Balaban J connectivity index is 1.37. The quantitative estimate of drug-likeness (QED) is 0.388. The van der Waals surface area contributed by atoms with Crippen LogP contribution in [0, 0.1) is 17.2 Å². The summed E-state index contributed by atoms with van der Waals surface area (Å²) in [5.74, 6) is 0.401. The number of anilines is 2. The fourth-order valence-electron chi connectivity index (χ4n) is 3.77. The van der Waals surface area contributed by atoms with Crippen molar-refractivity contribution in [1.82, 2.24) is 0 Å². The summed E-state index contributed by atoms with van der Waals surface area (Å²) in [6, 6.07) is 16.4. The number of hydrogen-bond acceptors (Lipinski definition) is 5. The number of hydrogen-bond donors (Lipinski definition) is 2. The third-order valence-corrected chi connectivity index (χ3v) is 7.82. The van der Waals surface area contributed by atoms with E-state index in [0.717, 1.165) is 29.7 Å². The number of nitriles is 1. The minimum atomic E-state index is -0.252. The van der Waals surface area contributed by atoms with Gasteiger partial charge in [-0.25, -0.2) is 0 Å². The van der Waals surface area contributed by atoms with Crippen LogP contribution in [0.5, 0.6) is 0 Å². The molecule has 1 heterocycles. The van der Waals surface area contributed by atoms with Crippen LogP contribution in [0.4, 0.5) is 10.7 Å². The highest BCUT2D eigenvalue weighted by Crippen LogP contribution is 2.39. The first-order valence-corrected chi connectivity index (χ1v) is 12.7. The van der Waals surface area contributed by atoms with E-state index in [1.165, 1.54) is 28.0 Å². The highest BCUT2D eigenvalue weighted by Gasteiger charge is 2.24. The molecule has 168 valence electrons. The summed E-state index contributed by atoms with van der Waals surface area (Å²) in [5, 5.41) is 16.5. The van der Waals surface area contributed by atoms with Crippen molar-refractivity contribution in [3.05, 3.63) is 75.1 Å². The normalized spacial score (nSPS) is 14.8. The maximum Gasteiger partial charge on any atom is 0.255 e. The molecule has 8 heteroatoms. The Hall–Kier alpha value is -2.79. The largest absolute Gasteiger partial charge is 0.322 e. The zero-order valence-electron chi connectivity index (χ0n) is 18.0. The maximum atomic E-state index is 12.6. The van der Waals surface area contributed by atoms with Gasteiger partial charge in [0.1, 0.15) is 11.1 Å². The molecule has 0 aliphatic heterocycles. The van der Waals surface area contributed by atoms with Crippen LogP contribution < -0.4 is 10.6 Å². The van der Waals surface area contributed by atoms with Crippen molar-refractivity contribution < 1.29 is 9.59 Å². The lowest BCUT2D eigenvalue weighted by molar-refractivity contribution is -0.113. The zero-order chi connectivity index (χ0) is 23.4. The number of halogens is 1. The van der Waals surface area contributed by atoms with Crippen molar-refractivity contribution in [3.8, 4) is 6.07 Å². The molecule has 3 aromatic rings. The monoisotopic (exact) mass is 495 g/mol. The van der Waals surface area contributed by atoms with Crippen LogP contribution >= 0.6 is 34.7 Å². The molecular weight excluding hydrogens is 474 g/mol. The Morgan fingerprint density at radius 3 is 2.82 bits per heavy atom. The molecule has 2 aromatic carbocycles. The second-order valence-corrected chi connectivity index (χ2v) is 10.6. The number of benzene rings is 2. The van der Waals surface area contributed by atoms with E-state index < -0.39 is 0 Å². The predicted molar refractivity (Wildman–Crippen MR) is 135 cm³/mol. The predicted octanol–water partition coefficient (Wildman–Crippen LogP) is 6.38. The Bertz CT molecular complexity index is 1250. The van der Waals surface area contributed by atoms with Crippen molar-refractivity contribution in [2.75, 3.05) is 16.4 Å². The van der Waals surface area contributed by atoms with Crippen LogP contribution in [0.25, 0.3) is 0 Å². The van der Waals surface area contributed by atoms with E-state index in [1.807, 2.05) is 18.2 Å². The molecule has 0 saturated heterocycles. The lowest BCUT2D eigenvalue weighted by atomic mass is 9.89. The molecule has 0 radical (unpaired) electrons. The van der Waals surface area contributed by atoms with Crippen molar-refractivity contribution in [2.24, 2.45) is 5.92 Å². The summed E-state index contributed by atoms with van der Waals surface area (Å²) >= 11 is 8.86. The standard InChI is InChI=1S/C25H22ClN3O2S2/c1-15-8-9-20-21(13-27)25(33-22(20)10-15)29-23(30)14-32-19-7-3-6-18(12-19)28-24(31)16-4-2-5-17(26)11-16/h2-7,11-12,15H,8-10,14H2,1H3,(H,28,31)(H,29,30). The molecule has 0 fully saturated rings. The van der Waals surface area contributed by atoms with Gasteiger partial charge in [0.05, 0.1) is 11.3 Å². The van der Waals surface area contributed by atoms with Crippen LogP contribution in [0.2, 0.25) is 5.02 Å². The zero-order valence-corrected chi connectivity index (χ0v) is 20.4. The number of carbonyl (C=O) groups is 2. The van der Waals surface area contributed by atoms with Crippen LogP contribution in [0.15, 0.2) is 53.4 Å². The van der Waals surface area contributed by atoms with Gasteiger partial charge < -0.3 is 10.6 Å². The van der Waals surface area contributed by atoms with E-state index in [1.54, 1.807) is 30.3 Å². The number of rotatable bonds is 6. The number of amides is 2. The van der Waals surface area contributed by atoms with Crippen molar-refractivity contribution in [1.29, 1.82) is 5.26 Å². The number of nitrogens with zero attached hydrogens (tertiary/aromatic N) is 1. The minimum absolute atomic E-state index is 0.156. The summed E-state index contributed by atoms with van der Waals surface area (Å²) in [6.45, 7) is 2.22. The molecule has 0 saturated carbocycles. The molecule has 1 aliphatic carbocycles. The van der Waals surface area contributed by atoms with Crippen LogP contribution in [0.3, 0.4) is 0 Å². The van der Waals surface area contributed by atoms with Crippen molar-refractivity contribution in [2.45, 2.75) is 31.1 Å². The smallest absolute Gasteiger partial charge is 0.255 e. The minimum Gasteiger partial charge on any atom is -0.322 e. The van der Waals surface area contributed by atoms with Gasteiger partial charge in [0, 0.05) is 26.0 Å². The third-order valence-electron chi connectivity index (χ3n) is 5.43. The van der Waals surface area contributed by atoms with Gasteiger partial charge in [-0.15, -0.1) is 23.1 Å². The second-order valence-electron chi connectivity index (χ2n) is 8.00. The summed E-state index contributed by atoms with van der Waals surface area (Å²) in [4.78, 5) is 27.1. The van der Waals surface area contributed by atoms with Gasteiger partial charge in [-0.1, -0.05) is 30.7 Å². The number of carbonyl (C=O) groups excluding carboxylic acids is 2.